The zero-order valence-electron chi connectivity index (χ0n) is 12.2. The lowest BCUT2D eigenvalue weighted by Gasteiger charge is -2.19. The number of nitrogen functional groups attached to an aromatic ring is 1. The number of likely N-dealkylation sites (N-methyl/N-ethyl adjacent to an activating group) is 2. The van der Waals surface area contributed by atoms with E-state index in [2.05, 4.69) is 5.32 Å². The maximum atomic E-state index is 12.5. The zero-order valence-corrected chi connectivity index (χ0v) is 13.0. The van der Waals surface area contributed by atoms with Gasteiger partial charge in [0.15, 0.2) is 0 Å². The molecule has 112 valence electrons. The maximum absolute atomic E-state index is 12.5. The van der Waals surface area contributed by atoms with E-state index in [-0.39, 0.29) is 17.3 Å². The van der Waals surface area contributed by atoms with Crippen LogP contribution >= 0.6 is 0 Å². The minimum absolute atomic E-state index is 0.141. The number of aryl methyl sites for hydroxylation is 1. The molecule has 0 saturated heterocycles. The average Bonchev–Trinajstić information content (AvgIpc) is 2.33. The van der Waals surface area contributed by atoms with Crippen molar-refractivity contribution in [3.05, 3.63) is 23.3 Å². The first-order valence-corrected chi connectivity index (χ1v) is 7.74. The first-order valence-electron chi connectivity index (χ1n) is 6.30. The molecule has 0 saturated carbocycles. The van der Waals surface area contributed by atoms with Crippen LogP contribution in [0.15, 0.2) is 17.0 Å². The van der Waals surface area contributed by atoms with Gasteiger partial charge in [0.2, 0.25) is 15.9 Å². The fraction of sp³-hybridized carbons (Fsp3) is 0.462. The molecule has 3 N–H and O–H groups in total. The van der Waals surface area contributed by atoms with E-state index in [9.17, 15) is 13.2 Å². The Labute approximate surface area is 120 Å². The van der Waals surface area contributed by atoms with Gasteiger partial charge < -0.3 is 11.1 Å². The van der Waals surface area contributed by atoms with Crippen LogP contribution in [-0.4, -0.2) is 38.8 Å². The molecule has 0 bridgehead atoms. The molecule has 0 aliphatic heterocycles. The Morgan fingerprint density at radius 3 is 2.50 bits per heavy atom. The number of hydrogen-bond donors (Lipinski definition) is 2. The van der Waals surface area contributed by atoms with Crippen molar-refractivity contribution < 1.29 is 13.2 Å². The molecule has 0 unspecified atom stereocenters. The van der Waals surface area contributed by atoms with Crippen molar-refractivity contribution in [3.8, 4) is 0 Å². The third-order valence-electron chi connectivity index (χ3n) is 2.97. The van der Waals surface area contributed by atoms with Gasteiger partial charge in [-0.3, -0.25) is 4.79 Å². The number of carbonyl (C=O) groups excluding carboxylic acids is 1. The molecule has 0 aliphatic carbocycles. The van der Waals surface area contributed by atoms with Crippen LogP contribution in [0, 0.1) is 13.8 Å². The van der Waals surface area contributed by atoms with Crippen LogP contribution in [0.4, 0.5) is 5.69 Å². The van der Waals surface area contributed by atoms with Crippen molar-refractivity contribution in [1.82, 2.24) is 9.62 Å². The number of hydrogen-bond acceptors (Lipinski definition) is 4. The van der Waals surface area contributed by atoms with Crippen molar-refractivity contribution in [2.24, 2.45) is 0 Å². The van der Waals surface area contributed by atoms with Gasteiger partial charge in [-0.1, -0.05) is 0 Å². The average molecular weight is 299 g/mol. The predicted molar refractivity (Wildman–Crippen MR) is 78.8 cm³/mol. The number of sulfonamides is 1. The molecule has 1 rings (SSSR count). The lowest BCUT2D eigenvalue weighted by atomic mass is 10.1. The summed E-state index contributed by atoms with van der Waals surface area (Å²) in [7, 11) is -2.36. The molecular formula is C13H21N3O3S. The van der Waals surface area contributed by atoms with Gasteiger partial charge in [-0.05, 0) is 44.0 Å². The largest absolute Gasteiger partial charge is 0.398 e. The molecule has 0 fully saturated rings. The fourth-order valence-electron chi connectivity index (χ4n) is 1.83. The predicted octanol–water partition coefficient (Wildman–Crippen LogP) is 0.642. The molecule has 1 aromatic carbocycles. The van der Waals surface area contributed by atoms with E-state index in [0.29, 0.717) is 17.8 Å². The Kier molecular flexibility index (Phi) is 5.13. The number of carbonyl (C=O) groups is 1. The number of nitrogens with one attached hydrogen (secondary N) is 1. The molecule has 1 aromatic rings. The Morgan fingerprint density at radius 1 is 1.35 bits per heavy atom. The highest BCUT2D eigenvalue weighted by molar-refractivity contribution is 7.89. The fourth-order valence-corrected chi connectivity index (χ4v) is 3.29. The molecule has 0 radical (unpaired) electrons. The van der Waals surface area contributed by atoms with E-state index in [1.54, 1.807) is 32.9 Å². The van der Waals surface area contributed by atoms with Gasteiger partial charge in [0.05, 0.1) is 11.4 Å². The summed E-state index contributed by atoms with van der Waals surface area (Å²) in [5.74, 6) is -0.336. The summed E-state index contributed by atoms with van der Waals surface area (Å²) in [4.78, 5) is 11.6. The topological polar surface area (TPSA) is 92.5 Å². The van der Waals surface area contributed by atoms with Crippen LogP contribution < -0.4 is 11.1 Å². The van der Waals surface area contributed by atoms with E-state index in [0.717, 1.165) is 9.87 Å². The highest BCUT2D eigenvalue weighted by Gasteiger charge is 2.25. The molecule has 0 aromatic heterocycles. The second-order valence-corrected chi connectivity index (χ2v) is 6.71. The summed E-state index contributed by atoms with van der Waals surface area (Å²) in [6.07, 6.45) is 0. The van der Waals surface area contributed by atoms with Crippen molar-refractivity contribution in [1.29, 1.82) is 0 Å². The quantitative estimate of drug-likeness (QED) is 0.780. The number of benzene rings is 1. The van der Waals surface area contributed by atoms with Crippen molar-refractivity contribution in [2.75, 3.05) is 25.9 Å². The second kappa shape index (κ2) is 6.23. The number of rotatable bonds is 5. The lowest BCUT2D eigenvalue weighted by molar-refractivity contribution is -0.121. The molecule has 0 spiro atoms. The van der Waals surface area contributed by atoms with Gasteiger partial charge in [-0.15, -0.1) is 0 Å². The van der Waals surface area contributed by atoms with Crippen LogP contribution in [-0.2, 0) is 14.8 Å². The molecular weight excluding hydrogens is 278 g/mol. The Hall–Kier alpha value is -1.60. The van der Waals surface area contributed by atoms with E-state index in [1.807, 2.05) is 0 Å². The highest BCUT2D eigenvalue weighted by atomic mass is 32.2. The summed E-state index contributed by atoms with van der Waals surface area (Å²) < 4.78 is 26.0. The van der Waals surface area contributed by atoms with Crippen molar-refractivity contribution >= 4 is 21.6 Å². The Balaban J connectivity index is 3.14. The SMILES string of the molecule is CCNC(=O)CN(C)S(=O)(=O)c1cc(C)cc(N)c1C. The molecule has 0 aliphatic rings. The highest BCUT2D eigenvalue weighted by Crippen LogP contribution is 2.25. The molecule has 0 atom stereocenters. The normalized spacial score (nSPS) is 11.7. The van der Waals surface area contributed by atoms with E-state index in [4.69, 9.17) is 5.73 Å². The number of nitrogens with two attached hydrogens (primary N) is 1. The monoisotopic (exact) mass is 299 g/mol. The van der Waals surface area contributed by atoms with Crippen molar-refractivity contribution in [3.63, 3.8) is 0 Å². The lowest BCUT2D eigenvalue weighted by Crippen LogP contribution is -2.38. The maximum Gasteiger partial charge on any atom is 0.243 e. The summed E-state index contributed by atoms with van der Waals surface area (Å²) in [5, 5.41) is 2.57. The van der Waals surface area contributed by atoms with Gasteiger partial charge >= 0.3 is 0 Å². The Morgan fingerprint density at radius 2 is 1.95 bits per heavy atom. The van der Waals surface area contributed by atoms with Crippen LogP contribution in [0.1, 0.15) is 18.1 Å². The van der Waals surface area contributed by atoms with Gasteiger partial charge in [0.25, 0.3) is 0 Å². The third kappa shape index (κ3) is 3.49. The number of amides is 1. The summed E-state index contributed by atoms with van der Waals surface area (Å²) in [5.41, 5.74) is 7.49. The Bertz CT molecular complexity index is 612. The molecule has 6 nitrogen and oxygen atoms in total. The summed E-state index contributed by atoms with van der Waals surface area (Å²) >= 11 is 0. The van der Waals surface area contributed by atoms with Gasteiger partial charge in [0, 0.05) is 19.3 Å². The number of nitrogens with zero attached hydrogens (tertiary/aromatic N) is 1. The second-order valence-electron chi connectivity index (χ2n) is 4.69. The van der Waals surface area contributed by atoms with E-state index in [1.165, 1.54) is 7.05 Å². The molecule has 7 heteroatoms. The van der Waals surface area contributed by atoms with E-state index >= 15 is 0 Å². The summed E-state index contributed by atoms with van der Waals surface area (Å²) in [6, 6.07) is 3.29. The first kappa shape index (κ1) is 16.5. The summed E-state index contributed by atoms with van der Waals surface area (Å²) in [6.45, 7) is 5.45. The van der Waals surface area contributed by atoms with Crippen LogP contribution in [0.3, 0.4) is 0 Å². The van der Waals surface area contributed by atoms with Gasteiger partial charge in [0.1, 0.15) is 0 Å². The smallest absolute Gasteiger partial charge is 0.243 e. The van der Waals surface area contributed by atoms with Crippen LogP contribution in [0.25, 0.3) is 0 Å². The molecule has 0 heterocycles. The van der Waals surface area contributed by atoms with Crippen LogP contribution in [0.5, 0.6) is 0 Å². The van der Waals surface area contributed by atoms with Crippen molar-refractivity contribution in [2.45, 2.75) is 25.7 Å². The molecule has 1 amide bonds. The van der Waals surface area contributed by atoms with Gasteiger partial charge in [-0.25, -0.2) is 8.42 Å². The van der Waals surface area contributed by atoms with Crippen LogP contribution in [0.2, 0.25) is 0 Å². The number of anilines is 1. The molecule has 20 heavy (non-hydrogen) atoms. The minimum Gasteiger partial charge on any atom is -0.398 e. The minimum atomic E-state index is -3.74. The zero-order chi connectivity index (χ0) is 15.5. The first-order chi connectivity index (χ1) is 9.20. The standard InChI is InChI=1S/C13H21N3O3S/c1-5-15-13(17)8-16(4)20(18,19)12-7-9(2)6-11(14)10(12)3/h6-7H,5,8,14H2,1-4H3,(H,15,17). The van der Waals surface area contributed by atoms with Gasteiger partial charge in [-0.2, -0.15) is 4.31 Å². The van der Waals surface area contributed by atoms with E-state index < -0.39 is 10.0 Å². The third-order valence-corrected chi connectivity index (χ3v) is 4.90.